The maximum Gasteiger partial charge on any atom is 0.234 e. The molecule has 0 atom stereocenters. The van der Waals surface area contributed by atoms with Crippen LogP contribution in [-0.2, 0) is 11.2 Å². The topological polar surface area (TPSA) is 61.0 Å². The standard InChI is InChI=1S/C12H16N4O/c1-16(2)15-12(17)6-4-9-3-5-10-11(7-9)14-8-13-10/h3,5,7-8H,4,6H2,1-2H3,(H,13,14)(H,15,17). The molecule has 5 heteroatoms. The van der Waals surface area contributed by atoms with Gasteiger partial charge in [0.25, 0.3) is 0 Å². The lowest BCUT2D eigenvalue weighted by atomic mass is 10.1. The number of fused-ring (bicyclic) bond motifs is 1. The monoisotopic (exact) mass is 232 g/mol. The van der Waals surface area contributed by atoms with Crippen molar-refractivity contribution in [1.29, 1.82) is 0 Å². The maximum absolute atomic E-state index is 11.5. The summed E-state index contributed by atoms with van der Waals surface area (Å²) < 4.78 is 0. The first-order chi connectivity index (χ1) is 8.15. The van der Waals surface area contributed by atoms with E-state index in [1.807, 2.05) is 18.2 Å². The van der Waals surface area contributed by atoms with Crippen molar-refractivity contribution < 1.29 is 4.79 Å². The zero-order chi connectivity index (χ0) is 12.3. The van der Waals surface area contributed by atoms with Gasteiger partial charge < -0.3 is 4.98 Å². The van der Waals surface area contributed by atoms with Gasteiger partial charge in [0.1, 0.15) is 0 Å². The Morgan fingerprint density at radius 2 is 2.29 bits per heavy atom. The Morgan fingerprint density at radius 3 is 3.06 bits per heavy atom. The molecule has 1 aromatic carbocycles. The number of amides is 1. The summed E-state index contributed by atoms with van der Waals surface area (Å²) in [4.78, 5) is 18.7. The summed E-state index contributed by atoms with van der Waals surface area (Å²) in [6.07, 6.45) is 2.89. The van der Waals surface area contributed by atoms with Crippen LogP contribution >= 0.6 is 0 Å². The summed E-state index contributed by atoms with van der Waals surface area (Å²) in [6.45, 7) is 0. The minimum Gasteiger partial charge on any atom is -0.345 e. The maximum atomic E-state index is 11.5. The van der Waals surface area contributed by atoms with E-state index in [-0.39, 0.29) is 5.91 Å². The average Bonchev–Trinajstić information content (AvgIpc) is 2.72. The SMILES string of the molecule is CN(C)NC(=O)CCc1ccc2nc[nH]c2c1. The number of aryl methyl sites for hydroxylation is 1. The number of hydrogen-bond acceptors (Lipinski definition) is 3. The molecule has 2 aromatic rings. The molecule has 0 aliphatic carbocycles. The number of carbonyl (C=O) groups is 1. The van der Waals surface area contributed by atoms with E-state index in [0.29, 0.717) is 6.42 Å². The number of hydrazine groups is 1. The van der Waals surface area contributed by atoms with Crippen LogP contribution in [0.5, 0.6) is 0 Å². The number of aromatic amines is 1. The van der Waals surface area contributed by atoms with E-state index in [0.717, 1.165) is 23.0 Å². The predicted molar refractivity (Wildman–Crippen MR) is 66.2 cm³/mol. The van der Waals surface area contributed by atoms with Gasteiger partial charge in [0.05, 0.1) is 17.4 Å². The summed E-state index contributed by atoms with van der Waals surface area (Å²) in [6, 6.07) is 6.00. The number of benzene rings is 1. The van der Waals surface area contributed by atoms with Crippen molar-refractivity contribution in [3.63, 3.8) is 0 Å². The highest BCUT2D eigenvalue weighted by Gasteiger charge is 2.04. The van der Waals surface area contributed by atoms with Crippen molar-refractivity contribution in [1.82, 2.24) is 20.4 Å². The highest BCUT2D eigenvalue weighted by atomic mass is 16.2. The number of rotatable bonds is 4. The predicted octanol–water partition coefficient (Wildman–Crippen LogP) is 1.09. The number of H-pyrrole nitrogens is 1. The Bertz CT molecular complexity index is 518. The van der Waals surface area contributed by atoms with Crippen LogP contribution in [0, 0.1) is 0 Å². The van der Waals surface area contributed by atoms with Crippen molar-refractivity contribution in [2.24, 2.45) is 0 Å². The minimum absolute atomic E-state index is 0.0275. The zero-order valence-corrected chi connectivity index (χ0v) is 10.0. The summed E-state index contributed by atoms with van der Waals surface area (Å²) >= 11 is 0. The van der Waals surface area contributed by atoms with E-state index >= 15 is 0 Å². The Morgan fingerprint density at radius 1 is 1.47 bits per heavy atom. The summed E-state index contributed by atoms with van der Waals surface area (Å²) in [5.74, 6) is 0.0275. The number of imidazole rings is 1. The van der Waals surface area contributed by atoms with Gasteiger partial charge in [0.2, 0.25) is 5.91 Å². The second kappa shape index (κ2) is 4.97. The lowest BCUT2D eigenvalue weighted by Crippen LogP contribution is -2.36. The lowest BCUT2D eigenvalue weighted by molar-refractivity contribution is -0.124. The second-order valence-electron chi connectivity index (χ2n) is 4.18. The van der Waals surface area contributed by atoms with Crippen molar-refractivity contribution in [2.45, 2.75) is 12.8 Å². The van der Waals surface area contributed by atoms with Gasteiger partial charge in [0, 0.05) is 20.5 Å². The molecule has 0 radical (unpaired) electrons. The van der Waals surface area contributed by atoms with Crippen molar-refractivity contribution in [2.75, 3.05) is 14.1 Å². The van der Waals surface area contributed by atoms with Gasteiger partial charge >= 0.3 is 0 Å². The number of aromatic nitrogens is 2. The van der Waals surface area contributed by atoms with Crippen LogP contribution in [0.4, 0.5) is 0 Å². The highest BCUT2D eigenvalue weighted by Crippen LogP contribution is 2.12. The first kappa shape index (κ1) is 11.6. The fourth-order valence-corrected chi connectivity index (χ4v) is 1.70. The number of nitrogens with zero attached hydrogens (tertiary/aromatic N) is 2. The van der Waals surface area contributed by atoms with Gasteiger partial charge in [-0.2, -0.15) is 0 Å². The smallest absolute Gasteiger partial charge is 0.234 e. The molecule has 0 aliphatic rings. The van der Waals surface area contributed by atoms with Crippen LogP contribution < -0.4 is 5.43 Å². The van der Waals surface area contributed by atoms with E-state index in [2.05, 4.69) is 15.4 Å². The van der Waals surface area contributed by atoms with Gasteiger partial charge in [-0.1, -0.05) is 6.07 Å². The number of nitrogens with one attached hydrogen (secondary N) is 2. The van der Waals surface area contributed by atoms with E-state index in [1.165, 1.54) is 0 Å². The van der Waals surface area contributed by atoms with Crippen LogP contribution in [0.2, 0.25) is 0 Å². The van der Waals surface area contributed by atoms with Crippen LogP contribution in [0.15, 0.2) is 24.5 Å². The number of carbonyl (C=O) groups excluding carboxylic acids is 1. The van der Waals surface area contributed by atoms with Crippen LogP contribution in [0.1, 0.15) is 12.0 Å². The van der Waals surface area contributed by atoms with Gasteiger partial charge in [-0.05, 0) is 24.1 Å². The van der Waals surface area contributed by atoms with E-state index in [9.17, 15) is 4.79 Å². The molecule has 0 fully saturated rings. The second-order valence-corrected chi connectivity index (χ2v) is 4.18. The normalized spacial score (nSPS) is 11.0. The molecule has 90 valence electrons. The average molecular weight is 232 g/mol. The third-order valence-corrected chi connectivity index (χ3v) is 2.47. The summed E-state index contributed by atoms with van der Waals surface area (Å²) in [5, 5.41) is 1.65. The molecule has 0 bridgehead atoms. The van der Waals surface area contributed by atoms with Gasteiger partial charge in [-0.25, -0.2) is 9.99 Å². The molecule has 1 amide bonds. The fourth-order valence-electron chi connectivity index (χ4n) is 1.70. The van der Waals surface area contributed by atoms with Crippen molar-refractivity contribution in [3.05, 3.63) is 30.1 Å². The Balaban J connectivity index is 1.96. The van der Waals surface area contributed by atoms with Crippen LogP contribution in [0.3, 0.4) is 0 Å². The van der Waals surface area contributed by atoms with E-state index in [1.54, 1.807) is 25.4 Å². The Labute approximate surface area is 99.8 Å². The van der Waals surface area contributed by atoms with Gasteiger partial charge in [-0.15, -0.1) is 0 Å². The third kappa shape index (κ3) is 3.04. The molecular formula is C12H16N4O. The molecule has 0 aliphatic heterocycles. The molecule has 0 spiro atoms. The molecule has 2 N–H and O–H groups in total. The van der Waals surface area contributed by atoms with Crippen molar-refractivity contribution >= 4 is 16.9 Å². The molecule has 0 saturated heterocycles. The largest absolute Gasteiger partial charge is 0.345 e. The van der Waals surface area contributed by atoms with Gasteiger partial charge in [0.15, 0.2) is 0 Å². The molecule has 0 saturated carbocycles. The van der Waals surface area contributed by atoms with E-state index < -0.39 is 0 Å². The first-order valence-electron chi connectivity index (χ1n) is 5.54. The molecule has 2 rings (SSSR count). The third-order valence-electron chi connectivity index (χ3n) is 2.47. The zero-order valence-electron chi connectivity index (χ0n) is 10.0. The summed E-state index contributed by atoms with van der Waals surface area (Å²) in [7, 11) is 3.60. The van der Waals surface area contributed by atoms with Crippen LogP contribution in [0.25, 0.3) is 11.0 Å². The van der Waals surface area contributed by atoms with Gasteiger partial charge in [-0.3, -0.25) is 10.2 Å². The number of hydrogen-bond donors (Lipinski definition) is 2. The Hall–Kier alpha value is -1.88. The quantitative estimate of drug-likeness (QED) is 0.776. The highest BCUT2D eigenvalue weighted by molar-refractivity contribution is 5.77. The molecule has 17 heavy (non-hydrogen) atoms. The fraction of sp³-hybridized carbons (Fsp3) is 0.333. The first-order valence-corrected chi connectivity index (χ1v) is 5.54. The van der Waals surface area contributed by atoms with E-state index in [4.69, 9.17) is 0 Å². The molecular weight excluding hydrogens is 216 g/mol. The molecule has 5 nitrogen and oxygen atoms in total. The molecule has 0 unspecified atom stereocenters. The molecule has 1 heterocycles. The Kier molecular flexibility index (Phi) is 3.39. The molecule has 1 aromatic heterocycles. The van der Waals surface area contributed by atoms with Crippen LogP contribution in [-0.4, -0.2) is 35.0 Å². The summed E-state index contributed by atoms with van der Waals surface area (Å²) in [5.41, 5.74) is 5.81. The minimum atomic E-state index is 0.0275. The van der Waals surface area contributed by atoms with Crippen molar-refractivity contribution in [3.8, 4) is 0 Å². The lowest BCUT2D eigenvalue weighted by Gasteiger charge is -2.11.